The quantitative estimate of drug-likeness (QED) is 0.362. The summed E-state index contributed by atoms with van der Waals surface area (Å²) in [6.07, 6.45) is 0. The largest absolute Gasteiger partial charge is 0.457 e. The van der Waals surface area contributed by atoms with Crippen LogP contribution in [0.15, 0.2) is 92.6 Å². The highest BCUT2D eigenvalue weighted by Crippen LogP contribution is 2.50. The minimum absolute atomic E-state index is 0.0291. The lowest BCUT2D eigenvalue weighted by Crippen LogP contribution is -2.29. The van der Waals surface area contributed by atoms with Crippen molar-refractivity contribution in [2.45, 2.75) is 11.8 Å². The molecule has 0 aromatic heterocycles. The van der Waals surface area contributed by atoms with Gasteiger partial charge in [-0.15, -0.1) is 0 Å². The number of rotatable bonds is 4. The molecule has 0 aliphatic carbocycles. The molecule has 1 saturated heterocycles. The summed E-state index contributed by atoms with van der Waals surface area (Å²) in [7, 11) is 1.96. The van der Waals surface area contributed by atoms with Crippen LogP contribution in [0.3, 0.4) is 0 Å². The number of hydrogen-bond acceptors (Lipinski definition) is 6. The van der Waals surface area contributed by atoms with Crippen molar-refractivity contribution in [1.29, 1.82) is 0 Å². The Labute approximate surface area is 206 Å². The fourth-order valence-corrected chi connectivity index (χ4v) is 6.09. The number of aliphatic imine (C=N–C) groups is 1. The average Bonchev–Trinajstić information content (AvgIpc) is 3.31. The zero-order valence-corrected chi connectivity index (χ0v) is 20.4. The number of carbonyl (C=O) groups excluding carboxylic acids is 1. The number of carbonyl (C=O) groups is 1. The van der Waals surface area contributed by atoms with Crippen LogP contribution in [0.2, 0.25) is 5.02 Å². The lowest BCUT2D eigenvalue weighted by molar-refractivity contribution is -0.122. The molecule has 0 atom stereocenters. The van der Waals surface area contributed by atoms with Gasteiger partial charge in [0.05, 0.1) is 16.4 Å². The van der Waals surface area contributed by atoms with E-state index in [0.29, 0.717) is 21.6 Å². The van der Waals surface area contributed by atoms with Gasteiger partial charge in [-0.05, 0) is 73.3 Å². The molecular weight excluding hydrogens is 474 g/mol. The van der Waals surface area contributed by atoms with Gasteiger partial charge in [0.25, 0.3) is 5.91 Å². The van der Waals surface area contributed by atoms with Crippen LogP contribution in [0.25, 0.3) is 0 Å². The topological polar surface area (TPSA) is 45.1 Å². The van der Waals surface area contributed by atoms with Gasteiger partial charge < -0.3 is 9.64 Å². The molecule has 2 heterocycles. The molecule has 5 nitrogen and oxygen atoms in total. The fourth-order valence-electron chi connectivity index (χ4n) is 3.54. The molecule has 8 heteroatoms. The second-order valence-electron chi connectivity index (χ2n) is 7.36. The van der Waals surface area contributed by atoms with Crippen LogP contribution in [0.4, 0.5) is 11.4 Å². The molecule has 3 aromatic rings. The molecule has 3 aromatic carbocycles. The first kappa shape index (κ1) is 21.9. The predicted molar refractivity (Wildman–Crippen MR) is 138 cm³/mol. The number of halogens is 1. The molecule has 0 N–H and O–H groups in total. The summed E-state index contributed by atoms with van der Waals surface area (Å²) in [5.74, 6) is 1.48. The number of likely N-dealkylation sites (N-methyl/N-ethyl adjacent to an activating group) is 1. The summed E-state index contributed by atoms with van der Waals surface area (Å²) in [6, 6.07) is 23.0. The van der Waals surface area contributed by atoms with Crippen LogP contribution in [0, 0.1) is 0 Å². The molecule has 0 spiro atoms. The van der Waals surface area contributed by atoms with E-state index in [2.05, 4.69) is 0 Å². The van der Waals surface area contributed by atoms with Crippen LogP contribution in [0.5, 0.6) is 11.5 Å². The number of anilines is 1. The molecule has 0 radical (unpaired) electrons. The summed E-state index contributed by atoms with van der Waals surface area (Å²) in [5.41, 5.74) is 1.77. The van der Waals surface area contributed by atoms with Crippen molar-refractivity contribution in [1.82, 2.24) is 4.90 Å². The second-order valence-corrected chi connectivity index (χ2v) is 9.81. The first-order valence-corrected chi connectivity index (χ1v) is 12.4. The lowest BCUT2D eigenvalue weighted by Gasteiger charge is -2.15. The van der Waals surface area contributed by atoms with E-state index in [1.54, 1.807) is 16.7 Å². The maximum atomic E-state index is 13.2. The van der Waals surface area contributed by atoms with E-state index < -0.39 is 0 Å². The number of amides is 1. The van der Waals surface area contributed by atoms with Gasteiger partial charge in [-0.25, -0.2) is 4.99 Å². The third kappa shape index (κ3) is 4.36. The van der Waals surface area contributed by atoms with E-state index in [1.165, 1.54) is 11.8 Å². The molecular formula is C25H20ClN3O2S2. The highest BCUT2D eigenvalue weighted by Gasteiger charge is 2.38. The molecule has 33 heavy (non-hydrogen) atoms. The molecule has 166 valence electrons. The van der Waals surface area contributed by atoms with Crippen molar-refractivity contribution in [2.75, 3.05) is 18.5 Å². The lowest BCUT2D eigenvalue weighted by atomic mass is 10.3. The predicted octanol–water partition coefficient (Wildman–Crippen LogP) is 7.13. The number of ether oxygens (including phenoxy) is 1. The summed E-state index contributed by atoms with van der Waals surface area (Å²) < 4.78 is 5.85. The van der Waals surface area contributed by atoms with Gasteiger partial charge in [0, 0.05) is 23.5 Å². The van der Waals surface area contributed by atoms with Gasteiger partial charge in [-0.3, -0.25) is 9.69 Å². The molecule has 5 rings (SSSR count). The highest BCUT2D eigenvalue weighted by molar-refractivity contribution is 8.19. The van der Waals surface area contributed by atoms with Gasteiger partial charge in [0.1, 0.15) is 16.4 Å². The number of hydrogen-bond donors (Lipinski definition) is 0. The standard InChI is InChI=1S/C25H20ClN3O2S2/c1-3-29-23(30)22(24-28(2)20-15-16(26)9-14-21(20)32-24)33-25(29)27-17-10-12-19(13-11-17)31-18-7-5-4-6-8-18/h4-15H,3H2,1-2H3. The van der Waals surface area contributed by atoms with E-state index in [4.69, 9.17) is 21.3 Å². The van der Waals surface area contributed by atoms with E-state index in [0.717, 1.165) is 32.8 Å². The Hall–Kier alpha value is -2.87. The first-order chi connectivity index (χ1) is 16.0. The third-order valence-electron chi connectivity index (χ3n) is 5.21. The third-order valence-corrected chi connectivity index (χ3v) is 7.88. The normalized spacial score (nSPS) is 18.9. The van der Waals surface area contributed by atoms with Crippen molar-refractivity contribution in [2.24, 2.45) is 4.99 Å². The number of thioether (sulfide) groups is 2. The Morgan fingerprint density at radius 3 is 2.42 bits per heavy atom. The minimum Gasteiger partial charge on any atom is -0.457 e. The molecule has 2 aliphatic heterocycles. The van der Waals surface area contributed by atoms with Gasteiger partial charge >= 0.3 is 0 Å². The second kappa shape index (κ2) is 9.17. The van der Waals surface area contributed by atoms with Crippen LogP contribution in [-0.4, -0.2) is 29.6 Å². The SMILES string of the molecule is CCN1C(=O)C(=C2Sc3ccc(Cl)cc3N2C)SC1=Nc1ccc(Oc2ccccc2)cc1. The minimum atomic E-state index is -0.0291. The zero-order valence-electron chi connectivity index (χ0n) is 18.0. The summed E-state index contributed by atoms with van der Waals surface area (Å²) in [6.45, 7) is 2.50. The average molecular weight is 494 g/mol. The number of para-hydroxylation sites is 1. The Balaban J connectivity index is 1.40. The van der Waals surface area contributed by atoms with E-state index in [9.17, 15) is 4.79 Å². The van der Waals surface area contributed by atoms with E-state index in [1.807, 2.05) is 91.7 Å². The van der Waals surface area contributed by atoms with Crippen LogP contribution >= 0.6 is 35.1 Å². The van der Waals surface area contributed by atoms with Gasteiger partial charge in [0.2, 0.25) is 0 Å². The van der Waals surface area contributed by atoms with E-state index in [-0.39, 0.29) is 5.91 Å². The van der Waals surface area contributed by atoms with Gasteiger partial charge in [-0.1, -0.05) is 41.6 Å². The smallest absolute Gasteiger partial charge is 0.269 e. The molecule has 1 fully saturated rings. The first-order valence-electron chi connectivity index (χ1n) is 10.4. The van der Waals surface area contributed by atoms with Crippen LogP contribution in [0.1, 0.15) is 6.92 Å². The maximum absolute atomic E-state index is 13.2. The van der Waals surface area contributed by atoms with Crippen molar-refractivity contribution >= 4 is 57.6 Å². The van der Waals surface area contributed by atoms with Crippen LogP contribution in [-0.2, 0) is 4.79 Å². The van der Waals surface area contributed by atoms with E-state index >= 15 is 0 Å². The van der Waals surface area contributed by atoms with Gasteiger partial charge in [0.15, 0.2) is 5.17 Å². The number of benzene rings is 3. The van der Waals surface area contributed by atoms with Gasteiger partial charge in [-0.2, -0.15) is 0 Å². The highest BCUT2D eigenvalue weighted by atomic mass is 35.5. The molecule has 1 amide bonds. The number of nitrogens with zero attached hydrogens (tertiary/aromatic N) is 3. The summed E-state index contributed by atoms with van der Waals surface area (Å²) >= 11 is 9.17. The Morgan fingerprint density at radius 2 is 1.70 bits per heavy atom. The monoisotopic (exact) mass is 493 g/mol. The Bertz CT molecular complexity index is 1280. The van der Waals surface area contributed by atoms with Crippen molar-refractivity contribution in [3.05, 3.63) is 87.8 Å². The molecule has 0 unspecified atom stereocenters. The summed E-state index contributed by atoms with van der Waals surface area (Å²) in [5, 5.41) is 2.25. The van der Waals surface area contributed by atoms with Crippen molar-refractivity contribution < 1.29 is 9.53 Å². The number of amidine groups is 1. The Morgan fingerprint density at radius 1 is 0.970 bits per heavy atom. The van der Waals surface area contributed by atoms with Crippen molar-refractivity contribution in [3.8, 4) is 11.5 Å². The summed E-state index contributed by atoms with van der Waals surface area (Å²) in [4.78, 5) is 23.5. The van der Waals surface area contributed by atoms with Crippen molar-refractivity contribution in [3.63, 3.8) is 0 Å². The fraction of sp³-hybridized carbons (Fsp3) is 0.120. The molecule has 0 saturated carbocycles. The molecule has 2 aliphatic rings. The number of fused-ring (bicyclic) bond motifs is 1. The van der Waals surface area contributed by atoms with Crippen LogP contribution < -0.4 is 9.64 Å². The molecule has 0 bridgehead atoms. The Kier molecular flexibility index (Phi) is 6.10. The zero-order chi connectivity index (χ0) is 22.9. The maximum Gasteiger partial charge on any atom is 0.269 e.